The van der Waals surface area contributed by atoms with Crippen LogP contribution in [0.15, 0.2) is 24.3 Å². The van der Waals surface area contributed by atoms with Gasteiger partial charge in [0.2, 0.25) is 0 Å². The smallest absolute Gasteiger partial charge is 0.0642 e. The highest BCUT2D eigenvalue weighted by Crippen LogP contribution is 2.16. The van der Waals surface area contributed by atoms with Crippen molar-refractivity contribution in [1.82, 2.24) is 0 Å². The van der Waals surface area contributed by atoms with Gasteiger partial charge in [-0.1, -0.05) is 12.1 Å². The number of anilines is 1. The first-order valence-electron chi connectivity index (χ1n) is 5.02. The summed E-state index contributed by atoms with van der Waals surface area (Å²) in [6.45, 7) is 4.25. The second-order valence-electron chi connectivity index (χ2n) is 3.47. The number of rotatable bonds is 2. The van der Waals surface area contributed by atoms with Crippen molar-refractivity contribution in [2.75, 3.05) is 31.2 Å². The molecule has 0 amide bonds. The van der Waals surface area contributed by atoms with E-state index in [2.05, 4.69) is 29.2 Å². The lowest BCUT2D eigenvalue weighted by Crippen LogP contribution is -2.36. The lowest BCUT2D eigenvalue weighted by atomic mass is 10.2. The van der Waals surface area contributed by atoms with E-state index in [0.717, 1.165) is 26.3 Å². The van der Waals surface area contributed by atoms with E-state index in [1.165, 1.54) is 11.3 Å². The molecule has 84 valence electrons. The molecular weight excluding hydrogens is 212 g/mol. The van der Waals surface area contributed by atoms with Crippen molar-refractivity contribution >= 4 is 18.1 Å². The van der Waals surface area contributed by atoms with Crippen molar-refractivity contribution < 1.29 is 4.74 Å². The molecule has 1 aliphatic rings. The second-order valence-corrected chi connectivity index (χ2v) is 3.47. The Balaban J connectivity index is 0.00000112. The Morgan fingerprint density at radius 1 is 1.13 bits per heavy atom. The van der Waals surface area contributed by atoms with E-state index in [1.807, 2.05) is 0 Å². The first kappa shape index (κ1) is 12.3. The number of nitrogens with zero attached hydrogens (tertiary/aromatic N) is 1. The zero-order valence-corrected chi connectivity index (χ0v) is 9.50. The summed E-state index contributed by atoms with van der Waals surface area (Å²) in [5.74, 6) is 0. The fourth-order valence-corrected chi connectivity index (χ4v) is 1.66. The molecular formula is C11H17ClN2O. The minimum Gasteiger partial charge on any atom is -0.378 e. The summed E-state index contributed by atoms with van der Waals surface area (Å²) in [5.41, 5.74) is 8.00. The van der Waals surface area contributed by atoms with Crippen molar-refractivity contribution in [3.8, 4) is 0 Å². The number of morpholine rings is 1. The molecule has 4 heteroatoms. The summed E-state index contributed by atoms with van der Waals surface area (Å²) >= 11 is 0. The molecule has 1 aromatic carbocycles. The monoisotopic (exact) mass is 228 g/mol. The van der Waals surface area contributed by atoms with Gasteiger partial charge in [0.1, 0.15) is 0 Å². The summed E-state index contributed by atoms with van der Waals surface area (Å²) in [6, 6.07) is 8.44. The van der Waals surface area contributed by atoms with Crippen LogP contribution in [0.25, 0.3) is 0 Å². The van der Waals surface area contributed by atoms with Crippen LogP contribution in [0.5, 0.6) is 0 Å². The topological polar surface area (TPSA) is 38.5 Å². The highest BCUT2D eigenvalue weighted by Gasteiger charge is 2.10. The van der Waals surface area contributed by atoms with Crippen LogP contribution < -0.4 is 10.6 Å². The maximum absolute atomic E-state index is 5.54. The number of hydrogen-bond acceptors (Lipinski definition) is 3. The molecule has 0 spiro atoms. The molecule has 0 radical (unpaired) electrons. The van der Waals surface area contributed by atoms with Gasteiger partial charge in [-0.2, -0.15) is 0 Å². The summed E-state index contributed by atoms with van der Waals surface area (Å²) in [5, 5.41) is 0. The van der Waals surface area contributed by atoms with Gasteiger partial charge in [0, 0.05) is 25.3 Å². The fourth-order valence-electron chi connectivity index (χ4n) is 1.66. The van der Waals surface area contributed by atoms with Gasteiger partial charge in [-0.25, -0.2) is 0 Å². The van der Waals surface area contributed by atoms with Crippen LogP contribution >= 0.6 is 12.4 Å². The van der Waals surface area contributed by atoms with E-state index < -0.39 is 0 Å². The normalized spacial score (nSPS) is 15.9. The van der Waals surface area contributed by atoms with Gasteiger partial charge in [-0.3, -0.25) is 0 Å². The number of nitrogens with two attached hydrogens (primary N) is 1. The molecule has 0 unspecified atom stereocenters. The maximum Gasteiger partial charge on any atom is 0.0642 e. The van der Waals surface area contributed by atoms with Crippen LogP contribution in [0, 0.1) is 0 Å². The number of halogens is 1. The van der Waals surface area contributed by atoms with E-state index >= 15 is 0 Å². The van der Waals surface area contributed by atoms with Crippen LogP contribution in [0.1, 0.15) is 5.56 Å². The molecule has 1 heterocycles. The SMILES string of the molecule is Cl.NCc1ccc(N2CCOCC2)cc1. The standard InChI is InChI=1S/C11H16N2O.ClH/c12-9-10-1-3-11(4-2-10)13-5-7-14-8-6-13;/h1-4H,5-9,12H2;1H. The molecule has 3 nitrogen and oxygen atoms in total. The van der Waals surface area contributed by atoms with Crippen molar-refractivity contribution in [2.24, 2.45) is 5.73 Å². The molecule has 0 bridgehead atoms. The Kier molecular flexibility index (Phi) is 4.88. The van der Waals surface area contributed by atoms with Gasteiger partial charge in [0.15, 0.2) is 0 Å². The predicted octanol–water partition coefficient (Wildman–Crippen LogP) is 1.40. The Hall–Kier alpha value is -0.770. The zero-order valence-electron chi connectivity index (χ0n) is 8.69. The summed E-state index contributed by atoms with van der Waals surface area (Å²) < 4.78 is 5.30. The van der Waals surface area contributed by atoms with E-state index in [4.69, 9.17) is 10.5 Å². The molecule has 1 saturated heterocycles. The second kappa shape index (κ2) is 5.95. The van der Waals surface area contributed by atoms with Gasteiger partial charge in [0.05, 0.1) is 13.2 Å². The van der Waals surface area contributed by atoms with Crippen LogP contribution in [-0.2, 0) is 11.3 Å². The Morgan fingerprint density at radius 3 is 2.27 bits per heavy atom. The molecule has 1 aliphatic heterocycles. The number of benzene rings is 1. The predicted molar refractivity (Wildman–Crippen MR) is 64.6 cm³/mol. The Morgan fingerprint density at radius 2 is 1.73 bits per heavy atom. The molecule has 15 heavy (non-hydrogen) atoms. The minimum atomic E-state index is 0. The third-order valence-electron chi connectivity index (χ3n) is 2.55. The summed E-state index contributed by atoms with van der Waals surface area (Å²) in [6.07, 6.45) is 0. The van der Waals surface area contributed by atoms with Gasteiger partial charge < -0.3 is 15.4 Å². The average Bonchev–Trinajstić information content (AvgIpc) is 2.30. The third-order valence-corrected chi connectivity index (χ3v) is 2.55. The van der Waals surface area contributed by atoms with Crippen LogP contribution in [0.3, 0.4) is 0 Å². The lowest BCUT2D eigenvalue weighted by Gasteiger charge is -2.28. The highest BCUT2D eigenvalue weighted by atomic mass is 35.5. The van der Waals surface area contributed by atoms with E-state index in [0.29, 0.717) is 6.54 Å². The summed E-state index contributed by atoms with van der Waals surface area (Å²) in [4.78, 5) is 2.34. The zero-order chi connectivity index (χ0) is 9.80. The largest absolute Gasteiger partial charge is 0.378 e. The van der Waals surface area contributed by atoms with Crippen molar-refractivity contribution in [2.45, 2.75) is 6.54 Å². The molecule has 0 saturated carbocycles. The first-order chi connectivity index (χ1) is 6.90. The lowest BCUT2D eigenvalue weighted by molar-refractivity contribution is 0.122. The Bertz CT molecular complexity index is 283. The van der Waals surface area contributed by atoms with Crippen LogP contribution in [0.2, 0.25) is 0 Å². The van der Waals surface area contributed by atoms with Crippen LogP contribution in [-0.4, -0.2) is 26.3 Å². The van der Waals surface area contributed by atoms with E-state index in [9.17, 15) is 0 Å². The van der Waals surface area contributed by atoms with Crippen molar-refractivity contribution in [3.63, 3.8) is 0 Å². The van der Waals surface area contributed by atoms with Crippen LogP contribution in [0.4, 0.5) is 5.69 Å². The molecule has 1 fully saturated rings. The van der Waals surface area contributed by atoms with Gasteiger partial charge in [-0.15, -0.1) is 12.4 Å². The number of ether oxygens (including phenoxy) is 1. The summed E-state index contributed by atoms with van der Waals surface area (Å²) in [7, 11) is 0. The van der Waals surface area contributed by atoms with Crippen molar-refractivity contribution in [3.05, 3.63) is 29.8 Å². The van der Waals surface area contributed by atoms with Gasteiger partial charge >= 0.3 is 0 Å². The van der Waals surface area contributed by atoms with Gasteiger partial charge in [0.25, 0.3) is 0 Å². The number of hydrogen-bond donors (Lipinski definition) is 1. The molecule has 0 atom stereocenters. The molecule has 2 rings (SSSR count). The maximum atomic E-state index is 5.54. The third kappa shape index (κ3) is 3.09. The van der Waals surface area contributed by atoms with Crippen molar-refractivity contribution in [1.29, 1.82) is 0 Å². The van der Waals surface area contributed by atoms with E-state index in [-0.39, 0.29) is 12.4 Å². The Labute approximate surface area is 96.6 Å². The fraction of sp³-hybridized carbons (Fsp3) is 0.455. The molecule has 1 aromatic rings. The average molecular weight is 229 g/mol. The molecule has 2 N–H and O–H groups in total. The first-order valence-corrected chi connectivity index (χ1v) is 5.02. The van der Waals surface area contributed by atoms with E-state index in [1.54, 1.807) is 0 Å². The highest BCUT2D eigenvalue weighted by molar-refractivity contribution is 5.85. The minimum absolute atomic E-state index is 0. The quantitative estimate of drug-likeness (QED) is 0.832. The van der Waals surface area contributed by atoms with Gasteiger partial charge in [-0.05, 0) is 17.7 Å². The molecule has 0 aliphatic carbocycles. The molecule has 0 aromatic heterocycles.